The number of hydrogen-bond donors (Lipinski definition) is 1. The number of anilines is 1. The van der Waals surface area contributed by atoms with E-state index in [2.05, 4.69) is 15.2 Å². The largest absolute Gasteiger partial charge is 0.468 e. The molecule has 0 aliphatic heterocycles. The van der Waals surface area contributed by atoms with Crippen LogP contribution in [0.2, 0.25) is 0 Å². The van der Waals surface area contributed by atoms with Crippen molar-refractivity contribution in [3.8, 4) is 0 Å². The Hall–Kier alpha value is -1.52. The van der Waals surface area contributed by atoms with Crippen molar-refractivity contribution in [2.45, 2.75) is 6.54 Å². The van der Waals surface area contributed by atoms with Crippen LogP contribution in [0, 0.1) is 0 Å². The van der Waals surface area contributed by atoms with E-state index in [4.69, 9.17) is 0 Å². The first kappa shape index (κ1) is 8.58. The molecule has 0 amide bonds. The summed E-state index contributed by atoms with van der Waals surface area (Å²) in [6, 6.07) is 1.78. The first-order valence-electron chi connectivity index (χ1n) is 3.54. The third-order valence-electron chi connectivity index (χ3n) is 1.42. The highest BCUT2D eigenvalue weighted by Gasteiger charge is 2.02. The smallest absolute Gasteiger partial charge is 0.327 e. The fourth-order valence-electron chi connectivity index (χ4n) is 0.780. The molecule has 12 heavy (non-hydrogen) atoms. The third kappa shape index (κ3) is 1.98. The van der Waals surface area contributed by atoms with Gasteiger partial charge in [-0.25, -0.2) is 0 Å². The Labute approximate surface area is 70.3 Å². The minimum atomic E-state index is -0.305. The molecule has 0 fully saturated rings. The molecule has 0 aromatic carbocycles. The van der Waals surface area contributed by atoms with Crippen LogP contribution in [0.3, 0.4) is 0 Å². The van der Waals surface area contributed by atoms with Gasteiger partial charge in [0.25, 0.3) is 0 Å². The van der Waals surface area contributed by atoms with Gasteiger partial charge in [0.05, 0.1) is 7.11 Å². The van der Waals surface area contributed by atoms with E-state index in [0.29, 0.717) is 0 Å². The summed E-state index contributed by atoms with van der Waals surface area (Å²) in [5.74, 6) is 0.430. The molecule has 1 rings (SSSR count). The van der Waals surface area contributed by atoms with Gasteiger partial charge in [0.2, 0.25) is 0 Å². The maximum absolute atomic E-state index is 10.8. The van der Waals surface area contributed by atoms with Gasteiger partial charge in [0.15, 0.2) is 0 Å². The molecule has 0 aliphatic carbocycles. The number of esters is 1. The maximum atomic E-state index is 10.8. The summed E-state index contributed by atoms with van der Waals surface area (Å²) in [7, 11) is 3.12. The van der Waals surface area contributed by atoms with Crippen LogP contribution in [-0.4, -0.2) is 29.9 Å². The van der Waals surface area contributed by atoms with E-state index in [-0.39, 0.29) is 12.5 Å². The van der Waals surface area contributed by atoms with Crippen molar-refractivity contribution in [2.75, 3.05) is 19.5 Å². The molecule has 1 N–H and O–H groups in total. The predicted molar refractivity (Wildman–Crippen MR) is 43.8 cm³/mol. The van der Waals surface area contributed by atoms with E-state index in [9.17, 15) is 4.79 Å². The van der Waals surface area contributed by atoms with Crippen molar-refractivity contribution < 1.29 is 9.53 Å². The second-order valence-electron chi connectivity index (χ2n) is 2.22. The number of carbonyl (C=O) groups excluding carboxylic acids is 1. The van der Waals surface area contributed by atoms with Crippen LogP contribution < -0.4 is 5.32 Å². The predicted octanol–water partition coefficient (Wildman–Crippen LogP) is 0.0978. The molecule has 0 bridgehead atoms. The van der Waals surface area contributed by atoms with Crippen LogP contribution in [0.4, 0.5) is 5.82 Å². The number of aromatic nitrogens is 2. The van der Waals surface area contributed by atoms with Gasteiger partial charge in [0, 0.05) is 19.3 Å². The van der Waals surface area contributed by atoms with E-state index in [0.717, 1.165) is 5.82 Å². The van der Waals surface area contributed by atoms with Gasteiger partial charge >= 0.3 is 5.97 Å². The first-order chi connectivity index (χ1) is 5.76. The van der Waals surface area contributed by atoms with E-state index in [1.54, 1.807) is 19.3 Å². The van der Waals surface area contributed by atoms with Crippen molar-refractivity contribution in [3.05, 3.63) is 12.3 Å². The highest BCUT2D eigenvalue weighted by Crippen LogP contribution is 1.99. The third-order valence-corrected chi connectivity index (χ3v) is 1.42. The molecule has 5 heteroatoms. The number of rotatable bonds is 3. The molecule has 5 nitrogen and oxygen atoms in total. The van der Waals surface area contributed by atoms with Gasteiger partial charge in [-0.15, -0.1) is 0 Å². The Morgan fingerprint density at radius 3 is 3.08 bits per heavy atom. The molecule has 1 aromatic heterocycles. The Kier molecular flexibility index (Phi) is 2.68. The summed E-state index contributed by atoms with van der Waals surface area (Å²) < 4.78 is 5.99. The summed E-state index contributed by atoms with van der Waals surface area (Å²) in [4.78, 5) is 10.8. The number of nitrogens with zero attached hydrogens (tertiary/aromatic N) is 2. The van der Waals surface area contributed by atoms with Crippen molar-refractivity contribution in [2.24, 2.45) is 0 Å². The lowest BCUT2D eigenvalue weighted by Gasteiger charge is -1.98. The van der Waals surface area contributed by atoms with Gasteiger partial charge in [-0.05, 0) is 0 Å². The molecular weight excluding hydrogens is 158 g/mol. The molecule has 1 heterocycles. The van der Waals surface area contributed by atoms with Gasteiger partial charge in [-0.2, -0.15) is 5.10 Å². The number of carbonyl (C=O) groups is 1. The molecule has 0 spiro atoms. The summed E-state index contributed by atoms with van der Waals surface area (Å²) in [6.07, 6.45) is 1.71. The average Bonchev–Trinajstić information content (AvgIpc) is 2.52. The highest BCUT2D eigenvalue weighted by atomic mass is 16.5. The van der Waals surface area contributed by atoms with Gasteiger partial charge in [-0.1, -0.05) is 0 Å². The lowest BCUT2D eigenvalue weighted by Crippen LogP contribution is -2.11. The highest BCUT2D eigenvalue weighted by molar-refractivity contribution is 5.68. The van der Waals surface area contributed by atoms with E-state index in [1.165, 1.54) is 11.8 Å². The standard InChI is InChI=1S/C7H11N3O2/c1-8-6-3-4-10(9-6)5-7(11)12-2/h3-4H,5H2,1-2H3,(H,8,9). The Bertz CT molecular complexity index is 269. The Balaban J connectivity index is 2.58. The fraction of sp³-hybridized carbons (Fsp3) is 0.429. The van der Waals surface area contributed by atoms with Gasteiger partial charge in [0.1, 0.15) is 12.4 Å². The van der Waals surface area contributed by atoms with Crippen molar-refractivity contribution in [1.82, 2.24) is 9.78 Å². The second-order valence-corrected chi connectivity index (χ2v) is 2.22. The SMILES string of the molecule is CNc1ccn(CC(=O)OC)n1. The second kappa shape index (κ2) is 3.75. The lowest BCUT2D eigenvalue weighted by molar-refractivity contribution is -0.141. The number of methoxy groups -OCH3 is 1. The molecule has 66 valence electrons. The molecule has 0 unspecified atom stereocenters. The minimum Gasteiger partial charge on any atom is -0.468 e. The maximum Gasteiger partial charge on any atom is 0.327 e. The number of ether oxygens (including phenoxy) is 1. The van der Waals surface area contributed by atoms with Crippen LogP contribution in [-0.2, 0) is 16.1 Å². The normalized spacial score (nSPS) is 9.50. The topological polar surface area (TPSA) is 56.2 Å². The summed E-state index contributed by atoms with van der Waals surface area (Å²) in [5.41, 5.74) is 0. The van der Waals surface area contributed by atoms with Crippen molar-refractivity contribution in [3.63, 3.8) is 0 Å². The van der Waals surface area contributed by atoms with Crippen LogP contribution in [0.25, 0.3) is 0 Å². The Morgan fingerprint density at radius 1 is 1.83 bits per heavy atom. The van der Waals surface area contributed by atoms with Crippen molar-refractivity contribution in [1.29, 1.82) is 0 Å². The molecular formula is C7H11N3O2. The van der Waals surface area contributed by atoms with Crippen LogP contribution in [0.5, 0.6) is 0 Å². The average molecular weight is 169 g/mol. The monoisotopic (exact) mass is 169 g/mol. The zero-order valence-corrected chi connectivity index (χ0v) is 7.07. The molecule has 0 atom stereocenters. The summed E-state index contributed by atoms with van der Waals surface area (Å²) in [6.45, 7) is 0.151. The van der Waals surface area contributed by atoms with Gasteiger partial charge < -0.3 is 10.1 Å². The quantitative estimate of drug-likeness (QED) is 0.652. The zero-order chi connectivity index (χ0) is 8.97. The molecule has 0 aliphatic rings. The van der Waals surface area contributed by atoms with E-state index >= 15 is 0 Å². The zero-order valence-electron chi connectivity index (χ0n) is 7.07. The summed E-state index contributed by atoms with van der Waals surface area (Å²) in [5, 5.41) is 6.88. The first-order valence-corrected chi connectivity index (χ1v) is 3.54. The van der Waals surface area contributed by atoms with Crippen LogP contribution in [0.15, 0.2) is 12.3 Å². The Morgan fingerprint density at radius 2 is 2.58 bits per heavy atom. The van der Waals surface area contributed by atoms with E-state index < -0.39 is 0 Å². The fourth-order valence-corrected chi connectivity index (χ4v) is 0.780. The molecule has 1 aromatic rings. The minimum absolute atomic E-state index is 0.151. The molecule has 0 saturated heterocycles. The van der Waals surface area contributed by atoms with E-state index in [1.807, 2.05) is 0 Å². The lowest BCUT2D eigenvalue weighted by atomic mass is 10.6. The number of hydrogen-bond acceptors (Lipinski definition) is 4. The van der Waals surface area contributed by atoms with Gasteiger partial charge in [-0.3, -0.25) is 9.48 Å². The molecule has 0 saturated carbocycles. The molecule has 0 radical (unpaired) electrons. The number of nitrogens with one attached hydrogen (secondary N) is 1. The summed E-state index contributed by atoms with van der Waals surface area (Å²) >= 11 is 0. The van der Waals surface area contributed by atoms with Crippen molar-refractivity contribution >= 4 is 11.8 Å². The van der Waals surface area contributed by atoms with Crippen LogP contribution in [0.1, 0.15) is 0 Å². The van der Waals surface area contributed by atoms with Crippen LogP contribution >= 0.6 is 0 Å².